The van der Waals surface area contributed by atoms with Gasteiger partial charge in [0, 0.05) is 22.9 Å². The highest BCUT2D eigenvalue weighted by Gasteiger charge is 2.07. The van der Waals surface area contributed by atoms with Crippen LogP contribution in [0.3, 0.4) is 0 Å². The summed E-state index contributed by atoms with van der Waals surface area (Å²) >= 11 is 4.73. The molecule has 1 aromatic carbocycles. The smallest absolute Gasteiger partial charge is 0.160 e. The first-order valence-electron chi connectivity index (χ1n) is 12.9. The van der Waals surface area contributed by atoms with Gasteiger partial charge in [0.05, 0.1) is 0 Å². The van der Waals surface area contributed by atoms with Crippen LogP contribution in [-0.2, 0) is 12.8 Å². The van der Waals surface area contributed by atoms with Crippen LogP contribution in [0.5, 0.6) is 0 Å². The summed E-state index contributed by atoms with van der Waals surface area (Å²) in [5, 5.41) is 0. The molecule has 0 spiro atoms. The summed E-state index contributed by atoms with van der Waals surface area (Å²) in [5.74, 6) is 0.788. The maximum atomic E-state index is 4.73. The van der Waals surface area contributed by atoms with Crippen molar-refractivity contribution in [1.82, 2.24) is 9.97 Å². The van der Waals surface area contributed by atoms with Crippen LogP contribution in [0.2, 0.25) is 0 Å². The van der Waals surface area contributed by atoms with Crippen LogP contribution in [0.15, 0.2) is 35.5 Å². The Morgan fingerprint density at radius 3 is 1.61 bits per heavy atom. The number of nitrogens with zero attached hydrogens (tertiary/aromatic N) is 2. The van der Waals surface area contributed by atoms with Crippen LogP contribution in [0.1, 0.15) is 115 Å². The van der Waals surface area contributed by atoms with Crippen molar-refractivity contribution >= 4 is 12.6 Å². The lowest BCUT2D eigenvalue weighted by molar-refractivity contribution is 0.575. The Hall–Kier alpha value is -1.35. The Morgan fingerprint density at radius 1 is 0.613 bits per heavy atom. The summed E-state index contributed by atoms with van der Waals surface area (Å²) < 4.78 is 0. The molecule has 0 aliphatic carbocycles. The van der Waals surface area contributed by atoms with E-state index in [-0.39, 0.29) is 0 Å². The van der Waals surface area contributed by atoms with Gasteiger partial charge in [-0.3, -0.25) is 0 Å². The lowest BCUT2D eigenvalue weighted by Crippen LogP contribution is -1.95. The zero-order valence-electron chi connectivity index (χ0n) is 20.0. The van der Waals surface area contributed by atoms with E-state index < -0.39 is 0 Å². The van der Waals surface area contributed by atoms with E-state index in [1.54, 1.807) is 0 Å². The monoisotopic (exact) mass is 440 g/mol. The normalized spacial score (nSPS) is 11.2. The fraction of sp³-hybridized carbons (Fsp3) is 0.643. The number of aryl methyl sites for hydroxylation is 2. The number of thiol groups is 1. The second-order valence-corrected chi connectivity index (χ2v) is 9.49. The van der Waals surface area contributed by atoms with Gasteiger partial charge in [0.2, 0.25) is 0 Å². The predicted molar refractivity (Wildman–Crippen MR) is 138 cm³/mol. The van der Waals surface area contributed by atoms with E-state index in [9.17, 15) is 0 Å². The molecule has 0 atom stereocenters. The van der Waals surface area contributed by atoms with Gasteiger partial charge in [-0.15, -0.1) is 12.6 Å². The molecule has 0 bridgehead atoms. The quantitative estimate of drug-likeness (QED) is 0.196. The van der Waals surface area contributed by atoms with Gasteiger partial charge in [0.15, 0.2) is 5.82 Å². The van der Waals surface area contributed by atoms with Crippen molar-refractivity contribution in [2.75, 3.05) is 0 Å². The van der Waals surface area contributed by atoms with Crippen molar-refractivity contribution in [3.63, 3.8) is 0 Å². The lowest BCUT2D eigenvalue weighted by atomic mass is 10.0. The molecule has 2 nitrogen and oxygen atoms in total. The third-order valence-electron chi connectivity index (χ3n) is 6.15. The number of hydrogen-bond donors (Lipinski definition) is 1. The molecule has 0 saturated carbocycles. The van der Waals surface area contributed by atoms with E-state index in [4.69, 9.17) is 12.6 Å². The lowest BCUT2D eigenvalue weighted by Gasteiger charge is -2.08. The van der Waals surface area contributed by atoms with Crippen LogP contribution in [0.4, 0.5) is 0 Å². The zero-order chi connectivity index (χ0) is 22.2. The maximum Gasteiger partial charge on any atom is 0.160 e. The Labute approximate surface area is 197 Å². The average Bonchev–Trinajstić information content (AvgIpc) is 2.78. The SMILES string of the molecule is CCCCCCCCCCc1cnc(-c2ccc(CCCCCCCC)cc2S)nc1. The standard InChI is InChI=1S/C28H44N2S/c1-3-5-7-9-11-12-14-16-18-25-22-29-28(30-23-25)26-20-19-24(21-27(26)31)17-15-13-10-8-6-4-2/h19-23,31H,3-18H2,1-2H3. The fourth-order valence-corrected chi connectivity index (χ4v) is 4.46. The minimum absolute atomic E-state index is 0.788. The van der Waals surface area contributed by atoms with Crippen molar-refractivity contribution in [3.8, 4) is 11.4 Å². The zero-order valence-corrected chi connectivity index (χ0v) is 20.9. The molecule has 0 radical (unpaired) electrons. The number of hydrogen-bond acceptors (Lipinski definition) is 3. The summed E-state index contributed by atoms with van der Waals surface area (Å²) in [6.07, 6.45) is 25.0. The molecule has 2 rings (SSSR count). The van der Waals surface area contributed by atoms with E-state index in [0.717, 1.165) is 29.1 Å². The summed E-state index contributed by atoms with van der Waals surface area (Å²) in [4.78, 5) is 10.2. The fourth-order valence-electron chi connectivity index (χ4n) is 4.12. The molecule has 0 saturated heterocycles. The van der Waals surface area contributed by atoms with Crippen LogP contribution in [0.25, 0.3) is 11.4 Å². The Morgan fingerprint density at radius 2 is 1.10 bits per heavy atom. The van der Waals surface area contributed by atoms with Gasteiger partial charge in [-0.1, -0.05) is 97.0 Å². The molecule has 172 valence electrons. The summed E-state index contributed by atoms with van der Waals surface area (Å²) in [7, 11) is 0. The maximum absolute atomic E-state index is 4.73. The van der Waals surface area contributed by atoms with E-state index in [2.05, 4.69) is 42.0 Å². The molecule has 31 heavy (non-hydrogen) atoms. The topological polar surface area (TPSA) is 25.8 Å². The Balaban J connectivity index is 1.72. The average molecular weight is 441 g/mol. The number of aromatic nitrogens is 2. The van der Waals surface area contributed by atoms with Gasteiger partial charge >= 0.3 is 0 Å². The van der Waals surface area contributed by atoms with Crippen LogP contribution < -0.4 is 0 Å². The largest absolute Gasteiger partial charge is 0.236 e. The highest BCUT2D eigenvalue weighted by molar-refractivity contribution is 7.80. The summed E-state index contributed by atoms with van der Waals surface area (Å²) in [6, 6.07) is 6.56. The minimum atomic E-state index is 0.788. The highest BCUT2D eigenvalue weighted by atomic mass is 32.1. The van der Waals surface area contributed by atoms with Crippen LogP contribution in [0, 0.1) is 0 Å². The number of unbranched alkanes of at least 4 members (excludes halogenated alkanes) is 12. The van der Waals surface area contributed by atoms with E-state index >= 15 is 0 Å². The van der Waals surface area contributed by atoms with Crippen molar-refractivity contribution < 1.29 is 0 Å². The molecule has 1 heterocycles. The van der Waals surface area contributed by atoms with Crippen molar-refractivity contribution in [3.05, 3.63) is 41.7 Å². The molecule has 0 N–H and O–H groups in total. The number of benzene rings is 1. The van der Waals surface area contributed by atoms with Crippen LogP contribution >= 0.6 is 12.6 Å². The van der Waals surface area contributed by atoms with E-state index in [1.807, 2.05) is 12.4 Å². The van der Waals surface area contributed by atoms with Gasteiger partial charge in [-0.25, -0.2) is 9.97 Å². The first-order chi connectivity index (χ1) is 15.2. The molecule has 2 aromatic rings. The van der Waals surface area contributed by atoms with Gasteiger partial charge < -0.3 is 0 Å². The molecular weight excluding hydrogens is 396 g/mol. The van der Waals surface area contributed by atoms with E-state index in [0.29, 0.717) is 0 Å². The Kier molecular flexibility index (Phi) is 13.6. The molecule has 0 aliphatic heterocycles. The van der Waals surface area contributed by atoms with E-state index in [1.165, 1.54) is 101 Å². The van der Waals surface area contributed by atoms with Gasteiger partial charge in [0.1, 0.15) is 0 Å². The van der Waals surface area contributed by atoms with Gasteiger partial charge in [-0.2, -0.15) is 0 Å². The first-order valence-corrected chi connectivity index (χ1v) is 13.3. The molecular formula is C28H44N2S. The third kappa shape index (κ3) is 10.7. The summed E-state index contributed by atoms with van der Waals surface area (Å²) in [5.41, 5.74) is 3.65. The molecule has 3 heteroatoms. The Bertz CT molecular complexity index is 711. The third-order valence-corrected chi connectivity index (χ3v) is 6.52. The van der Waals surface area contributed by atoms with Gasteiger partial charge in [0.25, 0.3) is 0 Å². The van der Waals surface area contributed by atoms with Crippen LogP contribution in [-0.4, -0.2) is 9.97 Å². The van der Waals surface area contributed by atoms with Crippen molar-refractivity contribution in [2.45, 2.75) is 121 Å². The second-order valence-electron chi connectivity index (χ2n) is 9.01. The van der Waals surface area contributed by atoms with Gasteiger partial charge in [-0.05, 0) is 48.9 Å². The minimum Gasteiger partial charge on any atom is -0.236 e. The predicted octanol–water partition coefficient (Wildman–Crippen LogP) is 9.02. The number of rotatable bonds is 17. The highest BCUT2D eigenvalue weighted by Crippen LogP contribution is 2.25. The molecule has 0 aliphatic rings. The molecule has 0 amide bonds. The second kappa shape index (κ2) is 16.3. The summed E-state index contributed by atoms with van der Waals surface area (Å²) in [6.45, 7) is 4.54. The molecule has 0 unspecified atom stereocenters. The molecule has 1 aromatic heterocycles. The first kappa shape index (κ1) is 25.9. The molecule has 0 fully saturated rings. The van der Waals surface area contributed by atoms with Crippen molar-refractivity contribution in [2.24, 2.45) is 0 Å². The van der Waals surface area contributed by atoms with Crippen molar-refractivity contribution in [1.29, 1.82) is 0 Å².